The summed E-state index contributed by atoms with van der Waals surface area (Å²) in [6.45, 7) is 0.805. The minimum atomic E-state index is -0.205. The van der Waals surface area contributed by atoms with E-state index in [1.165, 1.54) is 16.7 Å². The fourth-order valence-corrected chi connectivity index (χ4v) is 3.71. The van der Waals surface area contributed by atoms with Gasteiger partial charge in [0.25, 0.3) is 11.1 Å². The molecule has 8 heteroatoms. The van der Waals surface area contributed by atoms with Crippen LogP contribution in [0.1, 0.15) is 10.4 Å². The second-order valence-corrected chi connectivity index (χ2v) is 6.46. The van der Waals surface area contributed by atoms with E-state index in [-0.39, 0.29) is 28.8 Å². The molecule has 0 aromatic carbocycles. The first-order chi connectivity index (χ1) is 10.1. The Morgan fingerprint density at radius 3 is 2.81 bits per heavy atom. The second-order valence-electron chi connectivity index (χ2n) is 4.74. The third kappa shape index (κ3) is 2.53. The molecule has 2 fully saturated rings. The van der Waals surface area contributed by atoms with Gasteiger partial charge >= 0.3 is 0 Å². The molecule has 110 valence electrons. The highest BCUT2D eigenvalue weighted by atomic mass is 32.2. The van der Waals surface area contributed by atoms with Gasteiger partial charge in [0.1, 0.15) is 5.03 Å². The van der Waals surface area contributed by atoms with Crippen molar-refractivity contribution in [2.24, 2.45) is 0 Å². The molecule has 0 radical (unpaired) electrons. The number of carbonyl (C=O) groups is 3. The normalized spacial score (nSPS) is 19.1. The van der Waals surface area contributed by atoms with Crippen molar-refractivity contribution in [2.45, 2.75) is 11.1 Å². The third-order valence-electron chi connectivity index (χ3n) is 3.49. The van der Waals surface area contributed by atoms with E-state index in [4.69, 9.17) is 0 Å². The average molecular weight is 323 g/mol. The first-order valence-electron chi connectivity index (χ1n) is 6.39. The van der Waals surface area contributed by atoms with Crippen LogP contribution in [-0.4, -0.2) is 63.0 Å². The number of amides is 3. The maximum atomic E-state index is 12.4. The number of hydrogen-bond acceptors (Lipinski definition) is 6. The Balaban J connectivity index is 1.67. The van der Waals surface area contributed by atoms with Crippen molar-refractivity contribution >= 4 is 40.6 Å². The predicted octanol–water partition coefficient (Wildman–Crippen LogP) is 1.32. The standard InChI is InChI=1S/C13H13N3O3S2/c1-20-11-9(3-2-4-14-11)12(18)15-5-8(6-15)16-10(17)7-21-13(16)19/h2-4,8H,5-7H2,1H3. The van der Waals surface area contributed by atoms with Gasteiger partial charge in [0, 0.05) is 19.3 Å². The van der Waals surface area contributed by atoms with E-state index in [9.17, 15) is 14.4 Å². The van der Waals surface area contributed by atoms with Crippen molar-refractivity contribution in [1.29, 1.82) is 0 Å². The molecule has 6 nitrogen and oxygen atoms in total. The number of carbonyl (C=O) groups excluding carboxylic acids is 3. The maximum Gasteiger partial charge on any atom is 0.289 e. The molecule has 0 saturated carbocycles. The van der Waals surface area contributed by atoms with Crippen LogP contribution in [0.25, 0.3) is 0 Å². The van der Waals surface area contributed by atoms with Crippen LogP contribution in [0.4, 0.5) is 4.79 Å². The predicted molar refractivity (Wildman–Crippen MR) is 80.4 cm³/mol. The van der Waals surface area contributed by atoms with Crippen LogP contribution in [0.15, 0.2) is 23.4 Å². The summed E-state index contributed by atoms with van der Waals surface area (Å²) < 4.78 is 0. The first kappa shape index (κ1) is 14.4. The lowest BCUT2D eigenvalue weighted by atomic mass is 10.1. The van der Waals surface area contributed by atoms with Gasteiger partial charge in [-0.25, -0.2) is 4.98 Å². The van der Waals surface area contributed by atoms with Crippen LogP contribution >= 0.6 is 23.5 Å². The second kappa shape index (κ2) is 5.69. The minimum Gasteiger partial charge on any atom is -0.334 e. The average Bonchev–Trinajstić information content (AvgIpc) is 2.77. The molecule has 0 bridgehead atoms. The zero-order valence-corrected chi connectivity index (χ0v) is 12.9. The Morgan fingerprint density at radius 1 is 1.43 bits per heavy atom. The molecule has 0 aliphatic carbocycles. The van der Waals surface area contributed by atoms with Crippen LogP contribution in [0, 0.1) is 0 Å². The highest BCUT2D eigenvalue weighted by Crippen LogP contribution is 2.28. The van der Waals surface area contributed by atoms with Crippen molar-refractivity contribution in [3.05, 3.63) is 23.9 Å². The fraction of sp³-hybridized carbons (Fsp3) is 0.385. The van der Waals surface area contributed by atoms with Gasteiger partial charge in [-0.2, -0.15) is 0 Å². The monoisotopic (exact) mass is 323 g/mol. The number of aromatic nitrogens is 1. The topological polar surface area (TPSA) is 70.6 Å². The van der Waals surface area contributed by atoms with Crippen LogP contribution in [-0.2, 0) is 4.79 Å². The zero-order chi connectivity index (χ0) is 15.0. The van der Waals surface area contributed by atoms with Crippen molar-refractivity contribution < 1.29 is 14.4 Å². The molecule has 3 rings (SSSR count). The largest absolute Gasteiger partial charge is 0.334 e. The summed E-state index contributed by atoms with van der Waals surface area (Å²) in [6, 6.07) is 3.29. The summed E-state index contributed by atoms with van der Waals surface area (Å²) in [5.74, 6) is -0.0496. The van der Waals surface area contributed by atoms with Gasteiger partial charge in [0.05, 0.1) is 17.4 Å². The number of hydrogen-bond donors (Lipinski definition) is 0. The molecule has 2 aliphatic heterocycles. The summed E-state index contributed by atoms with van der Waals surface area (Å²) in [7, 11) is 0. The van der Waals surface area contributed by atoms with Crippen molar-refractivity contribution in [2.75, 3.05) is 25.1 Å². The summed E-state index contributed by atoms with van der Waals surface area (Å²) >= 11 is 2.45. The van der Waals surface area contributed by atoms with Gasteiger partial charge in [0.15, 0.2) is 0 Å². The zero-order valence-electron chi connectivity index (χ0n) is 11.3. The molecule has 3 heterocycles. The summed E-state index contributed by atoms with van der Waals surface area (Å²) in [4.78, 5) is 42.8. The van der Waals surface area contributed by atoms with Gasteiger partial charge in [-0.3, -0.25) is 19.3 Å². The van der Waals surface area contributed by atoms with E-state index in [2.05, 4.69) is 4.98 Å². The Hall–Kier alpha value is -1.54. The molecular formula is C13H13N3O3S2. The van der Waals surface area contributed by atoms with E-state index in [0.717, 1.165) is 11.8 Å². The van der Waals surface area contributed by atoms with E-state index in [0.29, 0.717) is 23.7 Å². The number of imide groups is 1. The van der Waals surface area contributed by atoms with Gasteiger partial charge in [-0.15, -0.1) is 11.8 Å². The minimum absolute atomic E-state index is 0.101. The van der Waals surface area contributed by atoms with Crippen LogP contribution < -0.4 is 0 Å². The molecule has 1 aromatic heterocycles. The Kier molecular flexibility index (Phi) is 3.90. The smallest absolute Gasteiger partial charge is 0.289 e. The number of nitrogens with zero attached hydrogens (tertiary/aromatic N) is 3. The molecule has 3 amide bonds. The van der Waals surface area contributed by atoms with Crippen LogP contribution in [0.3, 0.4) is 0 Å². The summed E-state index contributed by atoms with van der Waals surface area (Å²) in [5.41, 5.74) is 0.567. The lowest BCUT2D eigenvalue weighted by Crippen LogP contribution is -2.62. The van der Waals surface area contributed by atoms with Gasteiger partial charge < -0.3 is 4.90 Å². The highest BCUT2D eigenvalue weighted by molar-refractivity contribution is 8.14. The lowest BCUT2D eigenvalue weighted by Gasteiger charge is -2.42. The summed E-state index contributed by atoms with van der Waals surface area (Å²) in [6.07, 6.45) is 3.52. The van der Waals surface area contributed by atoms with E-state index in [1.54, 1.807) is 23.2 Å². The Bertz CT molecular complexity index is 600. The molecule has 0 unspecified atom stereocenters. The number of thioether (sulfide) groups is 2. The summed E-state index contributed by atoms with van der Waals surface area (Å²) in [5, 5.41) is 0.484. The SMILES string of the molecule is CSc1ncccc1C(=O)N1CC(N2C(=O)CSC2=O)C1. The first-order valence-corrected chi connectivity index (χ1v) is 8.60. The van der Waals surface area contributed by atoms with Crippen molar-refractivity contribution in [3.8, 4) is 0 Å². The van der Waals surface area contributed by atoms with E-state index in [1.807, 2.05) is 6.26 Å². The molecule has 0 atom stereocenters. The van der Waals surface area contributed by atoms with Crippen LogP contribution in [0.5, 0.6) is 0 Å². The van der Waals surface area contributed by atoms with Gasteiger partial charge in [-0.05, 0) is 18.4 Å². The molecule has 0 N–H and O–H groups in total. The number of likely N-dealkylation sites (tertiary alicyclic amines) is 1. The highest BCUT2D eigenvalue weighted by Gasteiger charge is 2.43. The molecule has 2 saturated heterocycles. The fourth-order valence-electron chi connectivity index (χ4n) is 2.39. The van der Waals surface area contributed by atoms with E-state index < -0.39 is 0 Å². The van der Waals surface area contributed by atoms with Crippen LogP contribution in [0.2, 0.25) is 0 Å². The Morgan fingerprint density at radius 2 is 2.19 bits per heavy atom. The molecule has 2 aliphatic rings. The van der Waals surface area contributed by atoms with Crippen molar-refractivity contribution in [1.82, 2.24) is 14.8 Å². The number of pyridine rings is 1. The third-order valence-corrected chi connectivity index (χ3v) is 5.04. The van der Waals surface area contributed by atoms with E-state index >= 15 is 0 Å². The lowest BCUT2D eigenvalue weighted by molar-refractivity contribution is -0.128. The molecule has 1 aromatic rings. The van der Waals surface area contributed by atoms with Gasteiger partial charge in [-0.1, -0.05) is 11.8 Å². The van der Waals surface area contributed by atoms with Crippen molar-refractivity contribution in [3.63, 3.8) is 0 Å². The quantitative estimate of drug-likeness (QED) is 0.782. The van der Waals surface area contributed by atoms with Gasteiger partial charge in [0.2, 0.25) is 5.91 Å². The molecule has 0 spiro atoms. The maximum absolute atomic E-state index is 12.4. The number of rotatable bonds is 3. The molecule has 21 heavy (non-hydrogen) atoms. The Labute approximate surface area is 130 Å². The molecular weight excluding hydrogens is 310 g/mol.